The number of halogens is 3. The third-order valence-corrected chi connectivity index (χ3v) is 1.53. The topological polar surface area (TPSA) is 54.4 Å². The van der Waals surface area contributed by atoms with Gasteiger partial charge in [-0.25, -0.2) is 0 Å². The number of phenolic OH excluding ortho intramolecular Hbond substituents is 1. The molecule has 1 N–H and O–H groups in total. The molecule has 1 rings (SSSR count). The summed E-state index contributed by atoms with van der Waals surface area (Å²) in [5.41, 5.74) is -0.678. The van der Waals surface area contributed by atoms with Gasteiger partial charge in [-0.3, -0.25) is 0 Å². The van der Waals surface area contributed by atoms with Gasteiger partial charge in [0.1, 0.15) is 5.75 Å². The van der Waals surface area contributed by atoms with Gasteiger partial charge in [0.25, 0.3) is 0 Å². The van der Waals surface area contributed by atoms with Crippen molar-refractivity contribution in [2.45, 2.75) is 13.1 Å². The van der Waals surface area contributed by atoms with Gasteiger partial charge in [-0.05, 0) is 24.6 Å². The van der Waals surface area contributed by atoms with Crippen molar-refractivity contribution in [1.82, 2.24) is 0 Å². The lowest BCUT2D eigenvalue weighted by atomic mass is 10.1. The maximum absolute atomic E-state index is 12.1. The van der Waals surface area contributed by atoms with E-state index < -0.39 is 11.7 Å². The SMILES string of the molecule is Cc1ccc(O)cc1C(F)(F)F.O=C=O. The third kappa shape index (κ3) is 4.28. The van der Waals surface area contributed by atoms with E-state index in [2.05, 4.69) is 0 Å². The summed E-state index contributed by atoms with van der Waals surface area (Å²) in [6, 6.07) is 3.18. The van der Waals surface area contributed by atoms with Gasteiger partial charge < -0.3 is 5.11 Å². The first-order chi connectivity index (χ1) is 6.82. The van der Waals surface area contributed by atoms with Crippen molar-refractivity contribution < 1.29 is 27.9 Å². The average Bonchev–Trinajstić information content (AvgIpc) is 2.09. The summed E-state index contributed by atoms with van der Waals surface area (Å²) in [6.45, 7) is 1.35. The van der Waals surface area contributed by atoms with E-state index in [1.807, 2.05) is 0 Å². The standard InChI is InChI=1S/C8H7F3O.CO2/c1-5-2-3-6(12)4-7(5)8(9,10)11;2-1-3/h2-4,12H,1H3;. The molecule has 0 saturated carbocycles. The predicted molar refractivity (Wildman–Crippen MR) is 42.9 cm³/mol. The Bertz CT molecular complexity index is 365. The molecule has 0 aliphatic heterocycles. The Morgan fingerprint density at radius 3 is 2.07 bits per heavy atom. The molecule has 0 fully saturated rings. The van der Waals surface area contributed by atoms with Gasteiger partial charge in [0.15, 0.2) is 0 Å². The molecule has 15 heavy (non-hydrogen) atoms. The molecule has 1 aromatic carbocycles. The fourth-order valence-corrected chi connectivity index (χ4v) is 0.915. The van der Waals surface area contributed by atoms with E-state index in [-0.39, 0.29) is 17.5 Å². The number of phenols is 1. The van der Waals surface area contributed by atoms with Crippen LogP contribution in [-0.2, 0) is 15.8 Å². The molecule has 0 spiro atoms. The molecule has 6 heteroatoms. The lowest BCUT2D eigenvalue weighted by Gasteiger charge is -2.09. The minimum atomic E-state index is -4.39. The van der Waals surface area contributed by atoms with Gasteiger partial charge in [-0.2, -0.15) is 22.8 Å². The molecule has 0 bridgehead atoms. The summed E-state index contributed by atoms with van der Waals surface area (Å²) in [5, 5.41) is 8.80. The highest BCUT2D eigenvalue weighted by Crippen LogP contribution is 2.33. The number of alkyl halides is 3. The number of benzene rings is 1. The Labute approximate surface area is 83.1 Å². The summed E-state index contributed by atoms with van der Waals surface area (Å²) in [4.78, 5) is 16.2. The van der Waals surface area contributed by atoms with Crippen LogP contribution in [0.1, 0.15) is 11.1 Å². The van der Waals surface area contributed by atoms with E-state index in [0.29, 0.717) is 0 Å². The van der Waals surface area contributed by atoms with Gasteiger partial charge in [-0.1, -0.05) is 6.07 Å². The summed E-state index contributed by atoms with van der Waals surface area (Å²) >= 11 is 0. The highest BCUT2D eigenvalue weighted by atomic mass is 19.4. The molecular formula is C9H7F3O3. The Morgan fingerprint density at radius 2 is 1.73 bits per heavy atom. The Balaban J connectivity index is 0.000000583. The second-order valence-corrected chi connectivity index (χ2v) is 2.58. The molecule has 0 atom stereocenters. The zero-order valence-electron chi connectivity index (χ0n) is 7.63. The highest BCUT2D eigenvalue weighted by Gasteiger charge is 2.32. The van der Waals surface area contributed by atoms with Crippen molar-refractivity contribution in [3.05, 3.63) is 29.3 Å². The van der Waals surface area contributed by atoms with E-state index in [4.69, 9.17) is 14.7 Å². The Kier molecular flexibility index (Phi) is 4.54. The predicted octanol–water partition coefficient (Wildman–Crippen LogP) is 2.14. The molecule has 0 unspecified atom stereocenters. The lowest BCUT2D eigenvalue weighted by Crippen LogP contribution is -2.06. The van der Waals surface area contributed by atoms with Gasteiger partial charge in [0, 0.05) is 0 Å². The summed E-state index contributed by atoms with van der Waals surface area (Å²) in [7, 11) is 0. The molecule has 0 heterocycles. The van der Waals surface area contributed by atoms with Crippen molar-refractivity contribution in [1.29, 1.82) is 0 Å². The number of aromatic hydroxyl groups is 1. The van der Waals surface area contributed by atoms with Crippen LogP contribution in [0.2, 0.25) is 0 Å². The molecule has 0 aliphatic carbocycles. The van der Waals surface area contributed by atoms with Crippen LogP contribution in [0.4, 0.5) is 13.2 Å². The maximum atomic E-state index is 12.1. The average molecular weight is 220 g/mol. The second-order valence-electron chi connectivity index (χ2n) is 2.58. The van der Waals surface area contributed by atoms with Gasteiger partial charge in [0.2, 0.25) is 0 Å². The van der Waals surface area contributed by atoms with Gasteiger partial charge in [-0.15, -0.1) is 0 Å². The van der Waals surface area contributed by atoms with E-state index in [9.17, 15) is 13.2 Å². The smallest absolute Gasteiger partial charge is 0.416 e. The summed E-state index contributed by atoms with van der Waals surface area (Å²) < 4.78 is 36.4. The van der Waals surface area contributed by atoms with Crippen molar-refractivity contribution in [3.8, 4) is 5.75 Å². The Hall–Kier alpha value is -1.81. The van der Waals surface area contributed by atoms with Crippen LogP contribution in [-0.4, -0.2) is 11.3 Å². The number of hydrogen-bond donors (Lipinski definition) is 1. The third-order valence-electron chi connectivity index (χ3n) is 1.53. The number of carbonyl (C=O) groups excluding carboxylic acids is 2. The Morgan fingerprint density at radius 1 is 1.27 bits per heavy atom. The van der Waals surface area contributed by atoms with E-state index >= 15 is 0 Å². The highest BCUT2D eigenvalue weighted by molar-refractivity contribution is 5.35. The first kappa shape index (κ1) is 13.2. The summed E-state index contributed by atoms with van der Waals surface area (Å²) in [5.74, 6) is -0.368. The van der Waals surface area contributed by atoms with E-state index in [1.165, 1.54) is 19.1 Å². The number of rotatable bonds is 0. The minimum Gasteiger partial charge on any atom is -0.508 e. The molecule has 0 aromatic heterocycles. The van der Waals surface area contributed by atoms with E-state index in [0.717, 1.165) is 6.07 Å². The molecular weight excluding hydrogens is 213 g/mol. The van der Waals surface area contributed by atoms with Gasteiger partial charge >= 0.3 is 12.3 Å². The normalized spacial score (nSPS) is 9.87. The van der Waals surface area contributed by atoms with Gasteiger partial charge in [0.05, 0.1) is 5.56 Å². The zero-order valence-corrected chi connectivity index (χ0v) is 7.63. The molecule has 1 aromatic rings. The fourth-order valence-electron chi connectivity index (χ4n) is 0.915. The zero-order chi connectivity index (χ0) is 12.1. The lowest BCUT2D eigenvalue weighted by molar-refractivity contribution is -0.191. The largest absolute Gasteiger partial charge is 0.508 e. The first-order valence-corrected chi connectivity index (χ1v) is 3.69. The second kappa shape index (κ2) is 5.17. The van der Waals surface area contributed by atoms with Crippen LogP contribution in [0.5, 0.6) is 5.75 Å². The van der Waals surface area contributed by atoms with Crippen LogP contribution in [0.25, 0.3) is 0 Å². The first-order valence-electron chi connectivity index (χ1n) is 3.69. The quantitative estimate of drug-likeness (QED) is 0.728. The fraction of sp³-hybridized carbons (Fsp3) is 0.222. The minimum absolute atomic E-state index is 0.111. The van der Waals surface area contributed by atoms with E-state index in [1.54, 1.807) is 0 Å². The molecule has 82 valence electrons. The number of aryl methyl sites for hydroxylation is 1. The maximum Gasteiger partial charge on any atom is 0.416 e. The van der Waals surface area contributed by atoms with Crippen LogP contribution in [0.15, 0.2) is 18.2 Å². The number of hydrogen-bond acceptors (Lipinski definition) is 3. The molecule has 0 saturated heterocycles. The van der Waals surface area contributed by atoms with Crippen LogP contribution in [0.3, 0.4) is 0 Å². The van der Waals surface area contributed by atoms with Crippen molar-refractivity contribution in [2.24, 2.45) is 0 Å². The van der Waals surface area contributed by atoms with Crippen molar-refractivity contribution in [3.63, 3.8) is 0 Å². The van der Waals surface area contributed by atoms with Crippen LogP contribution >= 0.6 is 0 Å². The molecule has 0 radical (unpaired) electrons. The monoisotopic (exact) mass is 220 g/mol. The molecule has 0 amide bonds. The van der Waals surface area contributed by atoms with Crippen LogP contribution in [0, 0.1) is 6.92 Å². The molecule has 0 aliphatic rings. The van der Waals surface area contributed by atoms with Crippen molar-refractivity contribution in [2.75, 3.05) is 0 Å². The van der Waals surface area contributed by atoms with Crippen LogP contribution < -0.4 is 0 Å². The molecule has 3 nitrogen and oxygen atoms in total. The summed E-state index contributed by atoms with van der Waals surface area (Å²) in [6.07, 6.45) is -4.14. The van der Waals surface area contributed by atoms with Crippen molar-refractivity contribution >= 4 is 6.15 Å².